The smallest absolute Gasteiger partial charge is 0.223 e. The molecule has 1 unspecified atom stereocenters. The van der Waals surface area contributed by atoms with Crippen LogP contribution < -0.4 is 10.1 Å². The van der Waals surface area contributed by atoms with Crippen LogP contribution in [0.5, 0.6) is 5.75 Å². The molecule has 0 radical (unpaired) electrons. The Morgan fingerprint density at radius 2 is 2.05 bits per heavy atom. The molecule has 0 heterocycles. The van der Waals surface area contributed by atoms with E-state index < -0.39 is 6.10 Å². The van der Waals surface area contributed by atoms with E-state index in [4.69, 9.17) is 4.74 Å². The molecule has 0 spiro atoms. The third kappa shape index (κ3) is 6.49. The van der Waals surface area contributed by atoms with Gasteiger partial charge < -0.3 is 20.1 Å². The van der Waals surface area contributed by atoms with E-state index in [-0.39, 0.29) is 18.3 Å². The number of nitrogens with one attached hydrogen (secondary N) is 1. The minimum atomic E-state index is -0.686. The number of hydrogen-bond donors (Lipinski definition) is 2. The number of aliphatic hydroxyl groups is 1. The molecule has 0 aliphatic carbocycles. The van der Waals surface area contributed by atoms with Crippen molar-refractivity contribution in [3.63, 3.8) is 0 Å². The highest BCUT2D eigenvalue weighted by molar-refractivity contribution is 5.75. The van der Waals surface area contributed by atoms with E-state index in [0.717, 1.165) is 0 Å². The summed E-state index contributed by atoms with van der Waals surface area (Å²) in [6, 6.07) is 5.61. The molecule has 5 nitrogen and oxygen atoms in total. The Balaban J connectivity index is 2.13. The van der Waals surface area contributed by atoms with E-state index >= 15 is 0 Å². The molecule has 0 saturated heterocycles. The number of nitrogens with zero attached hydrogens (tertiary/aromatic N) is 1. The standard InChI is InChI=1S/C14H21FN2O3/c1-17(2)14(19)7-8-16-9-12(18)10-20-13-5-3-11(15)4-6-13/h3-6,12,16,18H,7-10H2,1-2H3. The first-order valence-corrected chi connectivity index (χ1v) is 6.46. The van der Waals surface area contributed by atoms with Gasteiger partial charge >= 0.3 is 0 Å². The quantitative estimate of drug-likeness (QED) is 0.688. The van der Waals surface area contributed by atoms with Crippen LogP contribution in [-0.2, 0) is 4.79 Å². The second-order valence-corrected chi connectivity index (χ2v) is 4.66. The van der Waals surface area contributed by atoms with Gasteiger partial charge in [0.05, 0.1) is 0 Å². The van der Waals surface area contributed by atoms with Gasteiger partial charge in [0.25, 0.3) is 0 Å². The van der Waals surface area contributed by atoms with Gasteiger partial charge in [0.15, 0.2) is 0 Å². The first-order valence-electron chi connectivity index (χ1n) is 6.46. The number of ether oxygens (including phenoxy) is 1. The molecule has 1 aromatic rings. The van der Waals surface area contributed by atoms with Gasteiger partial charge in [0, 0.05) is 33.6 Å². The van der Waals surface area contributed by atoms with Gasteiger partial charge in [0.1, 0.15) is 24.3 Å². The molecule has 20 heavy (non-hydrogen) atoms. The van der Waals surface area contributed by atoms with E-state index in [9.17, 15) is 14.3 Å². The van der Waals surface area contributed by atoms with Gasteiger partial charge in [-0.2, -0.15) is 0 Å². The summed E-state index contributed by atoms with van der Waals surface area (Å²) in [6.45, 7) is 0.951. The first kappa shape index (κ1) is 16.4. The molecular formula is C14H21FN2O3. The fourth-order valence-electron chi connectivity index (χ4n) is 1.47. The summed E-state index contributed by atoms with van der Waals surface area (Å²) in [5, 5.41) is 12.7. The molecule has 1 amide bonds. The van der Waals surface area contributed by atoms with Crippen molar-refractivity contribution in [1.82, 2.24) is 10.2 Å². The Kier molecular flexibility index (Phi) is 6.97. The molecule has 6 heteroatoms. The first-order chi connectivity index (χ1) is 9.49. The second kappa shape index (κ2) is 8.50. The summed E-state index contributed by atoms with van der Waals surface area (Å²) in [5.74, 6) is 0.216. The maximum Gasteiger partial charge on any atom is 0.223 e. The molecule has 1 rings (SSSR count). The number of aliphatic hydroxyl groups excluding tert-OH is 1. The van der Waals surface area contributed by atoms with Crippen LogP contribution in [0.1, 0.15) is 6.42 Å². The van der Waals surface area contributed by atoms with Crippen molar-refractivity contribution in [2.45, 2.75) is 12.5 Å². The van der Waals surface area contributed by atoms with Gasteiger partial charge in [-0.05, 0) is 24.3 Å². The number of amides is 1. The second-order valence-electron chi connectivity index (χ2n) is 4.66. The van der Waals surface area contributed by atoms with Crippen molar-refractivity contribution in [2.24, 2.45) is 0 Å². The largest absolute Gasteiger partial charge is 0.491 e. The van der Waals surface area contributed by atoms with Gasteiger partial charge in [-0.25, -0.2) is 4.39 Å². The monoisotopic (exact) mass is 284 g/mol. The van der Waals surface area contributed by atoms with Crippen LogP contribution >= 0.6 is 0 Å². The zero-order valence-corrected chi connectivity index (χ0v) is 11.8. The van der Waals surface area contributed by atoms with Crippen molar-refractivity contribution in [2.75, 3.05) is 33.8 Å². The van der Waals surface area contributed by atoms with Gasteiger partial charge in [-0.3, -0.25) is 4.79 Å². The number of benzene rings is 1. The normalized spacial score (nSPS) is 12.0. The third-order valence-corrected chi connectivity index (χ3v) is 2.65. The van der Waals surface area contributed by atoms with Crippen LogP contribution in [0.3, 0.4) is 0 Å². The van der Waals surface area contributed by atoms with Crippen LogP contribution in [0.2, 0.25) is 0 Å². The van der Waals surface area contributed by atoms with Crippen molar-refractivity contribution < 1.29 is 19.0 Å². The zero-order chi connectivity index (χ0) is 15.0. The molecule has 0 fully saturated rings. The Bertz CT molecular complexity index is 409. The highest BCUT2D eigenvalue weighted by Gasteiger charge is 2.07. The van der Waals surface area contributed by atoms with E-state index in [2.05, 4.69) is 5.32 Å². The fourth-order valence-corrected chi connectivity index (χ4v) is 1.47. The molecule has 0 saturated carbocycles. The highest BCUT2D eigenvalue weighted by Crippen LogP contribution is 2.11. The van der Waals surface area contributed by atoms with Crippen molar-refractivity contribution in [3.05, 3.63) is 30.1 Å². The van der Waals surface area contributed by atoms with E-state index in [1.54, 1.807) is 14.1 Å². The average molecular weight is 284 g/mol. The zero-order valence-electron chi connectivity index (χ0n) is 11.8. The molecule has 0 bridgehead atoms. The van der Waals surface area contributed by atoms with Crippen LogP contribution in [0, 0.1) is 5.82 Å². The third-order valence-electron chi connectivity index (χ3n) is 2.65. The summed E-state index contributed by atoms with van der Waals surface area (Å²) in [6.07, 6.45) is -0.298. The molecule has 1 aromatic carbocycles. The molecule has 2 N–H and O–H groups in total. The Labute approximate surface area is 118 Å². The molecule has 112 valence electrons. The fraction of sp³-hybridized carbons (Fsp3) is 0.500. The lowest BCUT2D eigenvalue weighted by Gasteiger charge is -2.14. The number of hydrogen-bond acceptors (Lipinski definition) is 4. The molecular weight excluding hydrogens is 263 g/mol. The predicted octanol–water partition coefficient (Wildman–Crippen LogP) is 0.633. The predicted molar refractivity (Wildman–Crippen MR) is 74.1 cm³/mol. The lowest BCUT2D eigenvalue weighted by Crippen LogP contribution is -2.34. The SMILES string of the molecule is CN(C)C(=O)CCNCC(O)COc1ccc(F)cc1. The summed E-state index contributed by atoms with van der Waals surface area (Å²) in [7, 11) is 3.40. The summed E-state index contributed by atoms with van der Waals surface area (Å²) in [5.41, 5.74) is 0. The summed E-state index contributed by atoms with van der Waals surface area (Å²) >= 11 is 0. The van der Waals surface area contributed by atoms with Gasteiger partial charge in [-0.15, -0.1) is 0 Å². The van der Waals surface area contributed by atoms with Gasteiger partial charge in [-0.1, -0.05) is 0 Å². The van der Waals surface area contributed by atoms with Crippen LogP contribution in [0.25, 0.3) is 0 Å². The number of rotatable bonds is 8. The summed E-state index contributed by atoms with van der Waals surface area (Å²) in [4.78, 5) is 12.8. The van der Waals surface area contributed by atoms with E-state index in [1.807, 2.05) is 0 Å². The van der Waals surface area contributed by atoms with E-state index in [1.165, 1.54) is 29.2 Å². The number of carbonyl (C=O) groups is 1. The van der Waals surface area contributed by atoms with Crippen LogP contribution in [0.4, 0.5) is 4.39 Å². The molecule has 0 aromatic heterocycles. The number of halogens is 1. The van der Waals surface area contributed by atoms with Crippen molar-refractivity contribution in [3.8, 4) is 5.75 Å². The average Bonchev–Trinajstić information content (AvgIpc) is 2.42. The topological polar surface area (TPSA) is 61.8 Å². The minimum Gasteiger partial charge on any atom is -0.491 e. The van der Waals surface area contributed by atoms with Crippen LogP contribution in [0.15, 0.2) is 24.3 Å². The Hall–Kier alpha value is -1.66. The molecule has 0 aliphatic rings. The van der Waals surface area contributed by atoms with Crippen LogP contribution in [-0.4, -0.2) is 55.8 Å². The Morgan fingerprint density at radius 1 is 1.40 bits per heavy atom. The number of carbonyl (C=O) groups excluding carboxylic acids is 1. The van der Waals surface area contributed by atoms with E-state index in [0.29, 0.717) is 25.3 Å². The van der Waals surface area contributed by atoms with Crippen molar-refractivity contribution in [1.29, 1.82) is 0 Å². The van der Waals surface area contributed by atoms with Gasteiger partial charge in [0.2, 0.25) is 5.91 Å². The lowest BCUT2D eigenvalue weighted by atomic mass is 10.3. The Morgan fingerprint density at radius 3 is 2.65 bits per heavy atom. The highest BCUT2D eigenvalue weighted by atomic mass is 19.1. The molecule has 1 atom stereocenters. The summed E-state index contributed by atoms with van der Waals surface area (Å²) < 4.78 is 18.0. The molecule has 0 aliphatic heterocycles. The lowest BCUT2D eigenvalue weighted by molar-refractivity contribution is -0.128. The van der Waals surface area contributed by atoms with Crippen molar-refractivity contribution >= 4 is 5.91 Å². The minimum absolute atomic E-state index is 0.0366. The maximum atomic E-state index is 12.7. The maximum absolute atomic E-state index is 12.7.